The molecule has 2 N–H and O–H groups in total. The normalized spacial score (nSPS) is 10.1. The summed E-state index contributed by atoms with van der Waals surface area (Å²) in [5, 5.41) is 15.3. The van der Waals surface area contributed by atoms with Crippen molar-refractivity contribution < 1.29 is 14.3 Å². The molecule has 0 aliphatic carbocycles. The second kappa shape index (κ2) is 9.57. The highest BCUT2D eigenvalue weighted by Crippen LogP contribution is 2.22. The number of hydrogen-bond acceptors (Lipinski definition) is 6. The van der Waals surface area contributed by atoms with Crippen molar-refractivity contribution in [1.82, 2.24) is 5.43 Å². The Morgan fingerprint density at radius 1 is 1.24 bits per heavy atom. The van der Waals surface area contributed by atoms with E-state index in [9.17, 15) is 4.79 Å². The highest BCUT2D eigenvalue weighted by molar-refractivity contribution is 5.84. The molecule has 7 nitrogen and oxygen atoms in total. The minimum Gasteiger partial charge on any atom is -0.495 e. The molecule has 0 aliphatic rings. The third-order valence-electron chi connectivity index (χ3n) is 3.13. The van der Waals surface area contributed by atoms with Gasteiger partial charge in [0.25, 0.3) is 5.91 Å². The number of carbonyl (C=O) groups excluding carboxylic acids is 1. The summed E-state index contributed by atoms with van der Waals surface area (Å²) in [5.41, 5.74) is 3.97. The molecule has 1 amide bonds. The highest BCUT2D eigenvalue weighted by atomic mass is 16.5. The Labute approximate surface area is 145 Å². The molecule has 0 aliphatic heterocycles. The lowest BCUT2D eigenvalue weighted by molar-refractivity contribution is -0.119. The molecule has 0 heterocycles. The summed E-state index contributed by atoms with van der Waals surface area (Å²) >= 11 is 0. The van der Waals surface area contributed by atoms with E-state index in [1.165, 1.54) is 6.21 Å². The van der Waals surface area contributed by atoms with Crippen LogP contribution >= 0.6 is 0 Å². The van der Waals surface area contributed by atoms with Crippen LogP contribution in [0.3, 0.4) is 0 Å². The number of hydrogen-bond donors (Lipinski definition) is 2. The van der Waals surface area contributed by atoms with Gasteiger partial charge in [0.05, 0.1) is 25.6 Å². The first kappa shape index (κ1) is 17.8. The lowest BCUT2D eigenvalue weighted by Crippen LogP contribution is -2.26. The summed E-state index contributed by atoms with van der Waals surface area (Å²) in [6.07, 6.45) is 1.52. The fraction of sp³-hybridized carbons (Fsp3) is 0.167. The van der Waals surface area contributed by atoms with Crippen molar-refractivity contribution >= 4 is 17.8 Å². The van der Waals surface area contributed by atoms with Gasteiger partial charge in [-0.1, -0.05) is 12.1 Å². The quantitative estimate of drug-likeness (QED) is 0.568. The van der Waals surface area contributed by atoms with Gasteiger partial charge in [-0.3, -0.25) is 4.79 Å². The fourth-order valence-electron chi connectivity index (χ4n) is 1.95. The monoisotopic (exact) mass is 338 g/mol. The van der Waals surface area contributed by atoms with Crippen LogP contribution in [0, 0.1) is 11.3 Å². The van der Waals surface area contributed by atoms with E-state index >= 15 is 0 Å². The molecule has 25 heavy (non-hydrogen) atoms. The van der Waals surface area contributed by atoms with E-state index < -0.39 is 0 Å². The molecule has 2 rings (SSSR count). The molecule has 0 atom stereocenters. The van der Waals surface area contributed by atoms with Gasteiger partial charge in [-0.15, -0.1) is 0 Å². The second-order valence-corrected chi connectivity index (χ2v) is 4.86. The van der Waals surface area contributed by atoms with Gasteiger partial charge < -0.3 is 14.8 Å². The molecule has 0 spiro atoms. The van der Waals surface area contributed by atoms with Crippen LogP contribution in [0.15, 0.2) is 53.6 Å². The van der Waals surface area contributed by atoms with Gasteiger partial charge in [0, 0.05) is 0 Å². The maximum atomic E-state index is 11.8. The molecule has 0 saturated heterocycles. The maximum absolute atomic E-state index is 11.8. The van der Waals surface area contributed by atoms with Crippen molar-refractivity contribution in [3.8, 4) is 17.6 Å². The Morgan fingerprint density at radius 2 is 2.00 bits per heavy atom. The van der Waals surface area contributed by atoms with Gasteiger partial charge in [-0.2, -0.15) is 10.4 Å². The number of carbonyl (C=O) groups is 1. The van der Waals surface area contributed by atoms with Crippen LogP contribution in [-0.4, -0.2) is 32.4 Å². The number of rotatable bonds is 8. The van der Waals surface area contributed by atoms with E-state index in [4.69, 9.17) is 14.7 Å². The SMILES string of the molecule is COc1ccccc1NCC(=O)N/N=C\c1ccc(OCC#N)cc1. The summed E-state index contributed by atoms with van der Waals surface area (Å²) in [6.45, 7) is 0.0708. The maximum Gasteiger partial charge on any atom is 0.259 e. The first-order valence-corrected chi connectivity index (χ1v) is 7.51. The summed E-state index contributed by atoms with van der Waals surface area (Å²) < 4.78 is 10.4. The number of para-hydroxylation sites is 2. The topological polar surface area (TPSA) is 95.7 Å². The van der Waals surface area contributed by atoms with Crippen molar-refractivity contribution in [2.24, 2.45) is 5.10 Å². The number of amides is 1. The van der Waals surface area contributed by atoms with Crippen molar-refractivity contribution in [1.29, 1.82) is 5.26 Å². The Morgan fingerprint density at radius 3 is 2.72 bits per heavy atom. The zero-order valence-electron chi connectivity index (χ0n) is 13.7. The molecule has 0 unspecified atom stereocenters. The molecule has 0 saturated carbocycles. The number of nitrogens with zero attached hydrogens (tertiary/aromatic N) is 2. The molecular weight excluding hydrogens is 320 g/mol. The van der Waals surface area contributed by atoms with Gasteiger partial charge in [0.15, 0.2) is 6.61 Å². The number of benzene rings is 2. The van der Waals surface area contributed by atoms with E-state index in [0.717, 1.165) is 11.3 Å². The van der Waals surface area contributed by atoms with E-state index in [-0.39, 0.29) is 19.1 Å². The molecule has 128 valence electrons. The minimum absolute atomic E-state index is 0.00267. The third kappa shape index (κ3) is 5.88. The van der Waals surface area contributed by atoms with Crippen molar-refractivity contribution in [3.63, 3.8) is 0 Å². The van der Waals surface area contributed by atoms with E-state index in [1.54, 1.807) is 31.4 Å². The second-order valence-electron chi connectivity index (χ2n) is 4.86. The lowest BCUT2D eigenvalue weighted by atomic mass is 10.2. The molecule has 0 fully saturated rings. The lowest BCUT2D eigenvalue weighted by Gasteiger charge is -2.09. The van der Waals surface area contributed by atoms with Crippen LogP contribution < -0.4 is 20.2 Å². The highest BCUT2D eigenvalue weighted by Gasteiger charge is 2.03. The predicted octanol–water partition coefficient (Wildman–Crippen LogP) is 2.16. The third-order valence-corrected chi connectivity index (χ3v) is 3.13. The van der Waals surface area contributed by atoms with Crippen LogP contribution in [0.25, 0.3) is 0 Å². The number of ether oxygens (including phenoxy) is 2. The van der Waals surface area contributed by atoms with Gasteiger partial charge >= 0.3 is 0 Å². The van der Waals surface area contributed by atoms with Crippen molar-refractivity contribution in [2.45, 2.75) is 0 Å². The van der Waals surface area contributed by atoms with Crippen LogP contribution in [0.4, 0.5) is 5.69 Å². The van der Waals surface area contributed by atoms with Crippen LogP contribution in [0.2, 0.25) is 0 Å². The number of nitriles is 1. The standard InChI is InChI=1S/C18H18N4O3/c1-24-17-5-3-2-4-16(17)20-13-18(23)22-21-12-14-6-8-15(9-7-14)25-11-10-19/h2-9,12,20H,11,13H2,1H3,(H,22,23)/b21-12-. The smallest absolute Gasteiger partial charge is 0.259 e. The number of anilines is 1. The summed E-state index contributed by atoms with van der Waals surface area (Å²) in [4.78, 5) is 11.8. The van der Waals surface area contributed by atoms with E-state index in [1.807, 2.05) is 30.3 Å². The zero-order valence-corrected chi connectivity index (χ0v) is 13.7. The molecule has 0 aromatic heterocycles. The summed E-state index contributed by atoms with van der Waals surface area (Å²) in [7, 11) is 1.57. The molecule has 7 heteroatoms. The van der Waals surface area contributed by atoms with E-state index in [0.29, 0.717) is 11.5 Å². The molecule has 2 aromatic carbocycles. The van der Waals surface area contributed by atoms with Gasteiger partial charge in [0.1, 0.15) is 17.6 Å². The first-order chi connectivity index (χ1) is 12.2. The Bertz CT molecular complexity index is 767. The molecule has 0 radical (unpaired) electrons. The van der Waals surface area contributed by atoms with Crippen molar-refractivity contribution in [2.75, 3.05) is 25.6 Å². The predicted molar refractivity (Wildman–Crippen MR) is 94.8 cm³/mol. The number of nitrogens with one attached hydrogen (secondary N) is 2. The first-order valence-electron chi connectivity index (χ1n) is 7.51. The van der Waals surface area contributed by atoms with Crippen LogP contribution in [0.1, 0.15) is 5.56 Å². The number of methoxy groups -OCH3 is 1. The largest absolute Gasteiger partial charge is 0.495 e. The minimum atomic E-state index is -0.281. The van der Waals surface area contributed by atoms with Crippen molar-refractivity contribution in [3.05, 3.63) is 54.1 Å². The Balaban J connectivity index is 1.79. The fourth-order valence-corrected chi connectivity index (χ4v) is 1.95. The molecule has 0 bridgehead atoms. The Kier molecular flexibility index (Phi) is 6.82. The zero-order chi connectivity index (χ0) is 17.9. The average Bonchev–Trinajstić information content (AvgIpc) is 2.66. The van der Waals surface area contributed by atoms with Gasteiger partial charge in [0.2, 0.25) is 0 Å². The number of hydrazone groups is 1. The average molecular weight is 338 g/mol. The Hall–Kier alpha value is -3.53. The van der Waals surface area contributed by atoms with Crippen LogP contribution in [-0.2, 0) is 4.79 Å². The molecule has 2 aromatic rings. The molecular formula is C18H18N4O3. The summed E-state index contributed by atoms with van der Waals surface area (Å²) in [5.74, 6) is 0.984. The van der Waals surface area contributed by atoms with E-state index in [2.05, 4.69) is 15.8 Å². The summed E-state index contributed by atoms with van der Waals surface area (Å²) in [6, 6.07) is 16.2. The van der Waals surface area contributed by atoms with Gasteiger partial charge in [-0.05, 0) is 42.0 Å². The van der Waals surface area contributed by atoms with Crippen LogP contribution in [0.5, 0.6) is 11.5 Å². The van der Waals surface area contributed by atoms with Gasteiger partial charge in [-0.25, -0.2) is 5.43 Å².